The molecule has 4 rings (SSSR count). The van der Waals surface area contributed by atoms with Crippen LogP contribution < -0.4 is 0 Å². The zero-order chi connectivity index (χ0) is 20.4. The van der Waals surface area contributed by atoms with E-state index in [2.05, 4.69) is 4.98 Å². The van der Waals surface area contributed by atoms with Gasteiger partial charge in [0.15, 0.2) is 0 Å². The topological polar surface area (TPSA) is 54.7 Å². The molecule has 1 fully saturated rings. The molecular formula is C24H27N3O2. The Kier molecular flexibility index (Phi) is 5.47. The number of imidazole rings is 1. The van der Waals surface area contributed by atoms with Crippen molar-refractivity contribution in [2.24, 2.45) is 0 Å². The molecule has 0 spiro atoms. The molecular weight excluding hydrogens is 362 g/mol. The van der Waals surface area contributed by atoms with Crippen LogP contribution in [0.15, 0.2) is 48.8 Å². The predicted octanol–water partition coefficient (Wildman–Crippen LogP) is 4.67. The first-order valence-corrected chi connectivity index (χ1v) is 10.5. The van der Waals surface area contributed by atoms with Crippen LogP contribution in [0.25, 0.3) is 5.65 Å². The van der Waals surface area contributed by atoms with E-state index in [0.717, 1.165) is 24.1 Å². The highest BCUT2D eigenvalue weighted by atomic mass is 16.2. The minimum absolute atomic E-state index is 0.0590. The first-order valence-electron chi connectivity index (χ1n) is 10.5. The van der Waals surface area contributed by atoms with Gasteiger partial charge in [-0.25, -0.2) is 4.98 Å². The number of aryl methyl sites for hydroxylation is 1. The number of carbonyl (C=O) groups excluding carboxylic acids is 2. The van der Waals surface area contributed by atoms with Gasteiger partial charge in [0.2, 0.25) is 5.78 Å². The summed E-state index contributed by atoms with van der Waals surface area (Å²) in [5.74, 6) is -0.0383. The van der Waals surface area contributed by atoms with E-state index in [1.807, 2.05) is 37.1 Å². The zero-order valence-electron chi connectivity index (χ0n) is 17.1. The molecule has 1 aliphatic rings. The lowest BCUT2D eigenvalue weighted by molar-refractivity contribution is 0.0647. The highest BCUT2D eigenvalue weighted by Crippen LogP contribution is 2.24. The fraction of sp³-hybridized carbons (Fsp3) is 0.375. The third kappa shape index (κ3) is 3.82. The van der Waals surface area contributed by atoms with Gasteiger partial charge in [0.05, 0.1) is 6.20 Å². The van der Waals surface area contributed by atoms with E-state index in [1.54, 1.807) is 34.9 Å². The first-order chi connectivity index (χ1) is 14.1. The third-order valence-electron chi connectivity index (χ3n) is 5.91. The molecule has 3 aromatic rings. The second-order valence-corrected chi connectivity index (χ2v) is 7.87. The maximum atomic E-state index is 13.0. The lowest BCUT2D eigenvalue weighted by Gasteiger charge is -2.33. The van der Waals surface area contributed by atoms with E-state index in [4.69, 9.17) is 0 Å². The minimum Gasteiger partial charge on any atom is -0.336 e. The number of hydrogen-bond donors (Lipinski definition) is 0. The molecule has 0 unspecified atom stereocenters. The highest BCUT2D eigenvalue weighted by molar-refractivity contribution is 6.08. The number of carbonyl (C=O) groups is 2. The number of fused-ring (bicyclic) bond motifs is 1. The summed E-state index contributed by atoms with van der Waals surface area (Å²) < 4.78 is 1.80. The van der Waals surface area contributed by atoms with E-state index in [1.165, 1.54) is 19.3 Å². The number of ketones is 1. The second kappa shape index (κ2) is 8.19. The van der Waals surface area contributed by atoms with E-state index >= 15 is 0 Å². The standard InChI is InChI=1S/C24H27N3O2/c1-3-26(20-7-5-4-6-8-20)24(29)19-11-9-18(10-12-19)23(28)21-16-25-22-15-17(2)13-14-27(21)22/h9-16,20H,3-8H2,1-2H3. The molecule has 2 heterocycles. The smallest absolute Gasteiger partial charge is 0.254 e. The number of benzene rings is 1. The van der Waals surface area contributed by atoms with Crippen LogP contribution in [0.2, 0.25) is 0 Å². The SMILES string of the molecule is CCN(C(=O)c1ccc(C(=O)c2cnc3cc(C)ccn23)cc1)C1CCCCC1. The average Bonchev–Trinajstić information content (AvgIpc) is 3.17. The number of aromatic nitrogens is 2. The summed E-state index contributed by atoms with van der Waals surface area (Å²) in [5, 5.41) is 0. The van der Waals surface area contributed by atoms with Gasteiger partial charge in [0, 0.05) is 29.9 Å². The maximum Gasteiger partial charge on any atom is 0.254 e. The molecule has 1 aromatic carbocycles. The largest absolute Gasteiger partial charge is 0.336 e. The van der Waals surface area contributed by atoms with Gasteiger partial charge in [-0.05, 0) is 56.5 Å². The van der Waals surface area contributed by atoms with Crippen molar-refractivity contribution in [1.29, 1.82) is 0 Å². The second-order valence-electron chi connectivity index (χ2n) is 7.87. The van der Waals surface area contributed by atoms with Crippen molar-refractivity contribution < 1.29 is 9.59 Å². The Morgan fingerprint density at radius 3 is 2.45 bits per heavy atom. The zero-order valence-corrected chi connectivity index (χ0v) is 17.1. The molecule has 0 bridgehead atoms. The molecule has 150 valence electrons. The summed E-state index contributed by atoms with van der Waals surface area (Å²) in [6.07, 6.45) is 9.31. The Morgan fingerprint density at radius 1 is 1.07 bits per heavy atom. The van der Waals surface area contributed by atoms with Crippen molar-refractivity contribution in [3.63, 3.8) is 0 Å². The van der Waals surface area contributed by atoms with Crippen LogP contribution in [-0.2, 0) is 0 Å². The van der Waals surface area contributed by atoms with Gasteiger partial charge in [0.1, 0.15) is 11.3 Å². The van der Waals surface area contributed by atoms with E-state index in [0.29, 0.717) is 29.4 Å². The number of rotatable bonds is 5. The van der Waals surface area contributed by atoms with Crippen LogP contribution in [0.5, 0.6) is 0 Å². The molecule has 1 aliphatic carbocycles. The van der Waals surface area contributed by atoms with E-state index in [9.17, 15) is 9.59 Å². The van der Waals surface area contributed by atoms with Crippen molar-refractivity contribution in [2.75, 3.05) is 6.54 Å². The van der Waals surface area contributed by atoms with Gasteiger partial charge < -0.3 is 4.90 Å². The third-order valence-corrected chi connectivity index (χ3v) is 5.91. The molecule has 0 saturated heterocycles. The van der Waals surface area contributed by atoms with Gasteiger partial charge in [0.25, 0.3) is 5.91 Å². The van der Waals surface area contributed by atoms with Crippen LogP contribution in [0.3, 0.4) is 0 Å². The number of hydrogen-bond acceptors (Lipinski definition) is 3. The van der Waals surface area contributed by atoms with Crippen LogP contribution in [0.4, 0.5) is 0 Å². The number of pyridine rings is 1. The first kappa shape index (κ1) is 19.4. The summed E-state index contributed by atoms with van der Waals surface area (Å²) in [6, 6.07) is 11.3. The quantitative estimate of drug-likeness (QED) is 0.596. The van der Waals surface area contributed by atoms with Crippen LogP contribution >= 0.6 is 0 Å². The molecule has 5 heteroatoms. The molecule has 2 aromatic heterocycles. The Labute approximate surface area is 171 Å². The number of nitrogens with zero attached hydrogens (tertiary/aromatic N) is 3. The van der Waals surface area contributed by atoms with Crippen LogP contribution in [0.1, 0.15) is 71.0 Å². The molecule has 0 N–H and O–H groups in total. The molecule has 0 aliphatic heterocycles. The normalized spacial score (nSPS) is 14.8. The van der Waals surface area contributed by atoms with E-state index < -0.39 is 0 Å². The van der Waals surface area contributed by atoms with Gasteiger partial charge in [-0.2, -0.15) is 0 Å². The number of amides is 1. The summed E-state index contributed by atoms with van der Waals surface area (Å²) in [4.78, 5) is 32.3. The molecule has 5 nitrogen and oxygen atoms in total. The molecule has 1 amide bonds. The van der Waals surface area contributed by atoms with Gasteiger partial charge in [-0.15, -0.1) is 0 Å². The van der Waals surface area contributed by atoms with Crippen molar-refractivity contribution in [3.8, 4) is 0 Å². The lowest BCUT2D eigenvalue weighted by Crippen LogP contribution is -2.41. The van der Waals surface area contributed by atoms with Gasteiger partial charge in [-0.3, -0.25) is 14.0 Å². The van der Waals surface area contributed by atoms with Gasteiger partial charge in [-0.1, -0.05) is 31.4 Å². The molecule has 0 atom stereocenters. The minimum atomic E-state index is -0.0972. The van der Waals surface area contributed by atoms with Crippen molar-refractivity contribution >= 4 is 17.3 Å². The summed E-state index contributed by atoms with van der Waals surface area (Å²) >= 11 is 0. The molecule has 29 heavy (non-hydrogen) atoms. The van der Waals surface area contributed by atoms with Crippen LogP contribution in [0, 0.1) is 6.92 Å². The lowest BCUT2D eigenvalue weighted by atomic mass is 9.93. The molecule has 1 saturated carbocycles. The van der Waals surface area contributed by atoms with Gasteiger partial charge >= 0.3 is 0 Å². The summed E-state index contributed by atoms with van der Waals surface area (Å²) in [7, 11) is 0. The fourth-order valence-corrected chi connectivity index (χ4v) is 4.29. The molecule has 0 radical (unpaired) electrons. The Hall–Kier alpha value is -2.95. The maximum absolute atomic E-state index is 13.0. The monoisotopic (exact) mass is 389 g/mol. The Morgan fingerprint density at radius 2 is 1.76 bits per heavy atom. The average molecular weight is 389 g/mol. The summed E-state index contributed by atoms with van der Waals surface area (Å²) in [6.45, 7) is 4.75. The fourth-order valence-electron chi connectivity index (χ4n) is 4.29. The van der Waals surface area contributed by atoms with Crippen LogP contribution in [-0.4, -0.2) is 38.6 Å². The highest BCUT2D eigenvalue weighted by Gasteiger charge is 2.25. The Balaban J connectivity index is 1.55. The van der Waals surface area contributed by atoms with Crippen molar-refractivity contribution in [3.05, 3.63) is 71.2 Å². The predicted molar refractivity (Wildman–Crippen MR) is 113 cm³/mol. The van der Waals surface area contributed by atoms with Crippen molar-refractivity contribution in [2.45, 2.75) is 52.0 Å². The summed E-state index contributed by atoms with van der Waals surface area (Å²) in [5.41, 5.74) is 3.58. The van der Waals surface area contributed by atoms with E-state index in [-0.39, 0.29) is 11.7 Å². The Bertz CT molecular complexity index is 1030. The van der Waals surface area contributed by atoms with Crippen molar-refractivity contribution in [1.82, 2.24) is 14.3 Å².